The third-order valence-electron chi connectivity index (χ3n) is 4.21. The van der Waals surface area contributed by atoms with Crippen molar-refractivity contribution in [3.8, 4) is 0 Å². The maximum absolute atomic E-state index is 12.7. The van der Waals surface area contributed by atoms with E-state index in [9.17, 15) is 18.0 Å². The number of anilines is 1. The van der Waals surface area contributed by atoms with Crippen LogP contribution >= 0.6 is 11.6 Å². The molecule has 2 aromatic rings. The fourth-order valence-corrected chi connectivity index (χ4v) is 3.29. The number of carbonyl (C=O) groups is 1. The van der Waals surface area contributed by atoms with Gasteiger partial charge in [-0.3, -0.25) is 5.32 Å². The monoisotopic (exact) mass is 370 g/mol. The van der Waals surface area contributed by atoms with Crippen LogP contribution in [0.3, 0.4) is 0 Å². The van der Waals surface area contributed by atoms with Crippen LogP contribution in [0.4, 0.5) is 29.3 Å². The minimum atomic E-state index is -4.55. The number of nitrogen functional groups attached to an aromatic ring is 1. The number of hydrogen-bond acceptors (Lipinski definition) is 2. The molecule has 1 atom stereocenters. The lowest BCUT2D eigenvalue weighted by molar-refractivity contribution is -0.464. The lowest BCUT2D eigenvalue weighted by Gasteiger charge is -2.14. The van der Waals surface area contributed by atoms with E-state index in [0.29, 0.717) is 0 Å². The summed E-state index contributed by atoms with van der Waals surface area (Å²) in [5.74, 6) is 0. The first-order valence-corrected chi connectivity index (χ1v) is 8.03. The first-order valence-electron chi connectivity index (χ1n) is 7.65. The third-order valence-corrected chi connectivity index (χ3v) is 4.53. The largest absolute Gasteiger partial charge is 0.418 e. The van der Waals surface area contributed by atoms with Crippen molar-refractivity contribution in [3.63, 3.8) is 0 Å². The summed E-state index contributed by atoms with van der Waals surface area (Å²) in [6.45, 7) is 0. The number of halogens is 4. The summed E-state index contributed by atoms with van der Waals surface area (Å²) in [7, 11) is 0. The Bertz CT molecular complexity index is 800. The van der Waals surface area contributed by atoms with Gasteiger partial charge < -0.3 is 5.73 Å². The Hall–Kier alpha value is -2.25. The van der Waals surface area contributed by atoms with Crippen LogP contribution in [0.2, 0.25) is 5.02 Å². The number of hydrogen-bond donors (Lipinski definition) is 3. The van der Waals surface area contributed by atoms with Gasteiger partial charge >= 0.3 is 12.2 Å². The molecule has 2 aromatic carbocycles. The predicted molar refractivity (Wildman–Crippen MR) is 88.5 cm³/mol. The molecule has 8 heteroatoms. The van der Waals surface area contributed by atoms with Gasteiger partial charge in [0.05, 0.1) is 17.3 Å². The highest BCUT2D eigenvalue weighted by Crippen LogP contribution is 2.36. The molecule has 5 N–H and O–H groups in total. The second-order valence-electron chi connectivity index (χ2n) is 5.90. The Kier molecular flexibility index (Phi) is 4.62. The van der Waals surface area contributed by atoms with Crippen molar-refractivity contribution < 1.29 is 23.3 Å². The minimum absolute atomic E-state index is 0.0819. The van der Waals surface area contributed by atoms with E-state index in [4.69, 9.17) is 17.3 Å². The molecule has 0 aromatic heterocycles. The van der Waals surface area contributed by atoms with Crippen LogP contribution in [0.25, 0.3) is 0 Å². The molecule has 0 aliphatic heterocycles. The fraction of sp³-hybridized carbons (Fsp3) is 0.235. The summed E-state index contributed by atoms with van der Waals surface area (Å²) in [4.78, 5) is 12.3. The Labute approximate surface area is 147 Å². The Balaban J connectivity index is 1.74. The average molecular weight is 371 g/mol. The normalized spacial score (nSPS) is 16.6. The molecule has 25 heavy (non-hydrogen) atoms. The van der Waals surface area contributed by atoms with Crippen molar-refractivity contribution in [1.29, 1.82) is 0 Å². The summed E-state index contributed by atoms with van der Waals surface area (Å²) in [5, 5.41) is 3.78. The van der Waals surface area contributed by atoms with E-state index >= 15 is 0 Å². The smallest absolute Gasteiger partial charge is 0.394 e. The zero-order valence-corrected chi connectivity index (χ0v) is 13.8. The standard InChI is InChI=1S/C17H15ClF3N3O/c18-12-7-10(17(19,20)21)8-13(22)15(12)24-16(25)23-14-6-5-9-3-1-2-4-11(9)14/h1-4,7-8,14H,5-6,22H2,(H2,23,24,25)/p+1/t14-/m1/s1. The average Bonchev–Trinajstić information content (AvgIpc) is 2.93. The van der Waals surface area contributed by atoms with Crippen LogP contribution in [0.15, 0.2) is 36.4 Å². The van der Waals surface area contributed by atoms with Crippen molar-refractivity contribution in [2.75, 3.05) is 5.73 Å². The number of nitrogens with two attached hydrogens (primary N) is 2. The lowest BCUT2D eigenvalue weighted by Crippen LogP contribution is -2.85. The van der Waals surface area contributed by atoms with Crippen LogP contribution in [0.5, 0.6) is 0 Å². The van der Waals surface area contributed by atoms with Gasteiger partial charge in [0, 0.05) is 0 Å². The fourth-order valence-electron chi connectivity index (χ4n) is 3.01. The highest BCUT2D eigenvalue weighted by Gasteiger charge is 2.33. The van der Waals surface area contributed by atoms with Crippen molar-refractivity contribution >= 4 is 29.0 Å². The number of aryl methyl sites for hydroxylation is 1. The molecule has 0 saturated carbocycles. The van der Waals surface area contributed by atoms with Crippen LogP contribution in [-0.4, -0.2) is 6.03 Å². The molecule has 2 amide bonds. The Morgan fingerprint density at radius 2 is 2.00 bits per heavy atom. The maximum atomic E-state index is 12.7. The van der Waals surface area contributed by atoms with Gasteiger partial charge in [0.1, 0.15) is 5.02 Å². The molecule has 0 fully saturated rings. The van der Waals surface area contributed by atoms with E-state index in [0.717, 1.165) is 35.9 Å². The van der Waals surface area contributed by atoms with Gasteiger partial charge in [-0.15, -0.1) is 0 Å². The van der Waals surface area contributed by atoms with E-state index < -0.39 is 17.8 Å². The highest BCUT2D eigenvalue weighted by atomic mass is 35.5. The molecule has 132 valence electrons. The SMILES string of the molecule is Nc1cc(C(F)(F)F)cc(Cl)c1[NH2+]C(=O)N[C@@H]1CCc2ccccc21. The first kappa shape index (κ1) is 17.6. The first-order chi connectivity index (χ1) is 11.8. The summed E-state index contributed by atoms with van der Waals surface area (Å²) in [6.07, 6.45) is -2.91. The number of urea groups is 1. The zero-order valence-electron chi connectivity index (χ0n) is 13.0. The molecule has 0 spiro atoms. The van der Waals surface area contributed by atoms with Crippen molar-refractivity contribution in [1.82, 2.24) is 5.32 Å². The Morgan fingerprint density at radius 3 is 2.68 bits per heavy atom. The lowest BCUT2D eigenvalue weighted by atomic mass is 10.1. The highest BCUT2D eigenvalue weighted by molar-refractivity contribution is 6.33. The number of benzene rings is 2. The molecule has 0 unspecified atom stereocenters. The van der Waals surface area contributed by atoms with Gasteiger partial charge in [0.15, 0.2) is 5.69 Å². The van der Waals surface area contributed by atoms with E-state index in [1.165, 1.54) is 5.56 Å². The van der Waals surface area contributed by atoms with E-state index in [-0.39, 0.29) is 22.4 Å². The molecule has 0 radical (unpaired) electrons. The summed E-state index contributed by atoms with van der Waals surface area (Å²) >= 11 is 5.89. The number of rotatable bonds is 2. The van der Waals surface area contributed by atoms with Gasteiger partial charge in [-0.2, -0.15) is 13.2 Å². The van der Waals surface area contributed by atoms with E-state index in [1.54, 1.807) is 0 Å². The molecule has 0 bridgehead atoms. The number of nitrogens with one attached hydrogen (secondary N) is 1. The van der Waals surface area contributed by atoms with Crippen molar-refractivity contribution in [2.45, 2.75) is 25.1 Å². The van der Waals surface area contributed by atoms with Crippen LogP contribution in [0.1, 0.15) is 29.2 Å². The second-order valence-corrected chi connectivity index (χ2v) is 6.31. The summed E-state index contributed by atoms with van der Waals surface area (Å²) in [5.41, 5.74) is 6.83. The van der Waals surface area contributed by atoms with Crippen molar-refractivity contribution in [2.24, 2.45) is 0 Å². The molecule has 0 saturated heterocycles. The summed E-state index contributed by atoms with van der Waals surface area (Å²) < 4.78 is 38.2. The molecular weight excluding hydrogens is 355 g/mol. The molecular formula is C17H16ClF3N3O+. The quantitative estimate of drug-likeness (QED) is 0.708. The van der Waals surface area contributed by atoms with E-state index in [2.05, 4.69) is 5.32 Å². The zero-order chi connectivity index (χ0) is 18.2. The minimum Gasteiger partial charge on any atom is -0.394 e. The maximum Gasteiger partial charge on any atom is 0.418 e. The third kappa shape index (κ3) is 3.72. The second kappa shape index (κ2) is 6.57. The van der Waals surface area contributed by atoms with E-state index in [1.807, 2.05) is 24.3 Å². The predicted octanol–water partition coefficient (Wildman–Crippen LogP) is 3.53. The number of alkyl halides is 3. The molecule has 1 aliphatic rings. The van der Waals surface area contributed by atoms with Gasteiger partial charge in [0.2, 0.25) is 0 Å². The molecule has 0 heterocycles. The number of primary amides is 1. The van der Waals surface area contributed by atoms with Crippen molar-refractivity contribution in [3.05, 3.63) is 58.1 Å². The van der Waals surface area contributed by atoms with Gasteiger partial charge in [0.25, 0.3) is 0 Å². The molecule has 3 rings (SSSR count). The topological polar surface area (TPSA) is 71.7 Å². The number of fused-ring (bicyclic) bond motifs is 1. The molecule has 1 aliphatic carbocycles. The number of quaternary nitrogens is 1. The van der Waals surface area contributed by atoms with Crippen LogP contribution in [0, 0.1) is 0 Å². The van der Waals surface area contributed by atoms with Crippen LogP contribution in [-0.2, 0) is 12.6 Å². The number of carbonyl (C=O) groups excluding carboxylic acids is 1. The van der Waals surface area contributed by atoms with Gasteiger partial charge in [-0.25, -0.2) is 10.1 Å². The van der Waals surface area contributed by atoms with Gasteiger partial charge in [-0.1, -0.05) is 35.9 Å². The van der Waals surface area contributed by atoms with Gasteiger partial charge in [-0.05, 0) is 36.1 Å². The molecule has 4 nitrogen and oxygen atoms in total. The Morgan fingerprint density at radius 1 is 1.28 bits per heavy atom. The van der Waals surface area contributed by atoms with Crippen LogP contribution < -0.4 is 16.4 Å². The summed E-state index contributed by atoms with van der Waals surface area (Å²) in [6, 6.07) is 8.76. The number of amides is 2.